The molecule has 0 unspecified atom stereocenters. The Labute approximate surface area is 183 Å². The number of benzene rings is 3. The minimum absolute atomic E-state index is 0.270. The van der Waals surface area contributed by atoms with Gasteiger partial charge < -0.3 is 9.47 Å². The number of esters is 1. The zero-order valence-electron chi connectivity index (χ0n) is 17.9. The lowest BCUT2D eigenvalue weighted by Gasteiger charge is -2.23. The third kappa shape index (κ3) is 5.28. The molecule has 2 atom stereocenters. The lowest BCUT2D eigenvalue weighted by Crippen LogP contribution is -2.29. The molecule has 4 heteroatoms. The van der Waals surface area contributed by atoms with Crippen LogP contribution in [-0.4, -0.2) is 31.4 Å². The van der Waals surface area contributed by atoms with Gasteiger partial charge in [0.25, 0.3) is 0 Å². The molecule has 0 bridgehead atoms. The van der Waals surface area contributed by atoms with Gasteiger partial charge in [0.05, 0.1) is 19.4 Å². The monoisotopic (exact) mass is 413 g/mol. The molecule has 0 amide bonds. The fourth-order valence-corrected chi connectivity index (χ4v) is 3.52. The second-order valence-corrected chi connectivity index (χ2v) is 6.91. The number of rotatable bonds is 9. The molecule has 31 heavy (non-hydrogen) atoms. The van der Waals surface area contributed by atoms with Gasteiger partial charge >= 0.3 is 5.97 Å². The highest BCUT2D eigenvalue weighted by molar-refractivity contribution is 6.13. The van der Waals surface area contributed by atoms with Gasteiger partial charge in [-0.3, -0.25) is 4.99 Å². The van der Waals surface area contributed by atoms with Crippen molar-refractivity contribution in [3.63, 3.8) is 0 Å². The second kappa shape index (κ2) is 10.9. The van der Waals surface area contributed by atoms with Crippen molar-refractivity contribution in [3.8, 4) is 5.75 Å². The van der Waals surface area contributed by atoms with Crippen molar-refractivity contribution >= 4 is 11.7 Å². The molecule has 3 aromatic carbocycles. The van der Waals surface area contributed by atoms with Crippen LogP contribution in [0.5, 0.6) is 5.75 Å². The maximum atomic E-state index is 13.1. The SMILES string of the molecule is C=C[C@H](c1ccccc1OC)[C@H](N=C(c1ccccc1)c1ccccc1)C(=O)OCC. The molecule has 0 aromatic heterocycles. The molecule has 0 aliphatic rings. The van der Waals surface area contributed by atoms with E-state index in [1.54, 1.807) is 20.1 Å². The molecular weight excluding hydrogens is 386 g/mol. The number of nitrogens with zero attached hydrogens (tertiary/aromatic N) is 1. The molecular formula is C27H27NO3. The number of carbonyl (C=O) groups excluding carboxylic acids is 1. The molecule has 0 aliphatic carbocycles. The molecule has 3 aromatic rings. The third-order valence-electron chi connectivity index (χ3n) is 4.98. The Hall–Kier alpha value is -3.66. The molecule has 0 spiro atoms. The first-order valence-electron chi connectivity index (χ1n) is 10.3. The summed E-state index contributed by atoms with van der Waals surface area (Å²) >= 11 is 0. The first-order valence-corrected chi connectivity index (χ1v) is 10.3. The topological polar surface area (TPSA) is 47.9 Å². The van der Waals surface area contributed by atoms with E-state index < -0.39 is 17.9 Å². The molecule has 158 valence electrons. The quantitative estimate of drug-likeness (QED) is 0.267. The van der Waals surface area contributed by atoms with Crippen molar-refractivity contribution in [1.82, 2.24) is 0 Å². The van der Waals surface area contributed by atoms with Crippen LogP contribution in [0.3, 0.4) is 0 Å². The van der Waals surface area contributed by atoms with Gasteiger partial charge in [-0.1, -0.05) is 84.9 Å². The Morgan fingerprint density at radius 1 is 0.935 bits per heavy atom. The van der Waals surface area contributed by atoms with Crippen molar-refractivity contribution in [1.29, 1.82) is 0 Å². The van der Waals surface area contributed by atoms with Gasteiger partial charge in [-0.05, 0) is 13.0 Å². The summed E-state index contributed by atoms with van der Waals surface area (Å²) in [5, 5.41) is 0. The molecule has 0 N–H and O–H groups in total. The minimum Gasteiger partial charge on any atom is -0.496 e. The van der Waals surface area contributed by atoms with Crippen LogP contribution in [0.4, 0.5) is 0 Å². The van der Waals surface area contributed by atoms with Crippen molar-refractivity contribution in [2.75, 3.05) is 13.7 Å². The Morgan fingerprint density at radius 3 is 2.00 bits per heavy atom. The molecule has 3 rings (SSSR count). The summed E-state index contributed by atoms with van der Waals surface area (Å²) in [4.78, 5) is 18.1. The predicted molar refractivity (Wildman–Crippen MR) is 125 cm³/mol. The molecule has 0 saturated heterocycles. The summed E-state index contributed by atoms with van der Waals surface area (Å²) in [5.74, 6) is -0.141. The summed E-state index contributed by atoms with van der Waals surface area (Å²) < 4.78 is 11.0. The molecule has 0 fully saturated rings. The Balaban J connectivity index is 2.19. The lowest BCUT2D eigenvalue weighted by molar-refractivity contribution is -0.144. The number of hydrogen-bond acceptors (Lipinski definition) is 4. The summed E-state index contributed by atoms with van der Waals surface area (Å²) in [5.41, 5.74) is 3.40. The van der Waals surface area contributed by atoms with Crippen LogP contribution in [0.2, 0.25) is 0 Å². The van der Waals surface area contributed by atoms with Crippen molar-refractivity contribution in [2.45, 2.75) is 18.9 Å². The number of ether oxygens (including phenoxy) is 2. The summed E-state index contributed by atoms with van der Waals surface area (Å²) in [7, 11) is 1.61. The van der Waals surface area contributed by atoms with E-state index in [0.717, 1.165) is 22.4 Å². The van der Waals surface area contributed by atoms with Crippen molar-refractivity contribution in [2.24, 2.45) is 4.99 Å². The van der Waals surface area contributed by atoms with Crippen LogP contribution in [0.15, 0.2) is 103 Å². The Morgan fingerprint density at radius 2 is 1.48 bits per heavy atom. The van der Waals surface area contributed by atoms with E-state index >= 15 is 0 Å². The van der Waals surface area contributed by atoms with Gasteiger partial charge in [0.1, 0.15) is 5.75 Å². The second-order valence-electron chi connectivity index (χ2n) is 6.91. The molecule has 0 radical (unpaired) electrons. The summed E-state index contributed by atoms with van der Waals surface area (Å²) in [6.07, 6.45) is 1.73. The average Bonchev–Trinajstić information content (AvgIpc) is 2.83. The smallest absolute Gasteiger partial charge is 0.331 e. The van der Waals surface area contributed by atoms with Crippen LogP contribution in [0, 0.1) is 0 Å². The zero-order valence-corrected chi connectivity index (χ0v) is 17.9. The Kier molecular flexibility index (Phi) is 7.77. The van der Waals surface area contributed by atoms with Gasteiger partial charge in [0.15, 0.2) is 6.04 Å². The number of aliphatic imine (C=N–C) groups is 1. The van der Waals surface area contributed by atoms with E-state index in [1.807, 2.05) is 84.9 Å². The number of methoxy groups -OCH3 is 1. The van der Waals surface area contributed by atoms with Gasteiger partial charge in [-0.15, -0.1) is 6.58 Å². The number of para-hydroxylation sites is 1. The van der Waals surface area contributed by atoms with E-state index in [2.05, 4.69) is 6.58 Å². The molecule has 0 heterocycles. The normalized spacial score (nSPS) is 12.3. The molecule has 0 saturated carbocycles. The maximum Gasteiger partial charge on any atom is 0.331 e. The highest BCUT2D eigenvalue weighted by Gasteiger charge is 2.31. The minimum atomic E-state index is -0.816. The van der Waals surface area contributed by atoms with Crippen LogP contribution < -0.4 is 4.74 Å². The number of hydrogen-bond donors (Lipinski definition) is 0. The maximum absolute atomic E-state index is 13.1. The molecule has 4 nitrogen and oxygen atoms in total. The largest absolute Gasteiger partial charge is 0.496 e. The van der Waals surface area contributed by atoms with E-state index in [9.17, 15) is 4.79 Å². The number of carbonyl (C=O) groups is 1. The standard InChI is InChI=1S/C27H27NO3/c1-4-22(23-18-12-13-19-24(23)30-3)26(27(29)31-5-2)28-25(20-14-8-6-9-15-20)21-16-10-7-11-17-21/h4,6-19,22,26H,1,5H2,2-3H3/t22-,26+/m1/s1. The average molecular weight is 414 g/mol. The van der Waals surface area contributed by atoms with E-state index in [1.165, 1.54) is 0 Å². The van der Waals surface area contributed by atoms with Crippen LogP contribution in [0.25, 0.3) is 0 Å². The van der Waals surface area contributed by atoms with Crippen LogP contribution in [-0.2, 0) is 9.53 Å². The highest BCUT2D eigenvalue weighted by atomic mass is 16.5. The fraction of sp³-hybridized carbons (Fsp3) is 0.185. The zero-order chi connectivity index (χ0) is 22.1. The van der Waals surface area contributed by atoms with Gasteiger partial charge in [-0.25, -0.2) is 4.79 Å². The third-order valence-corrected chi connectivity index (χ3v) is 4.98. The highest BCUT2D eigenvalue weighted by Crippen LogP contribution is 2.32. The van der Waals surface area contributed by atoms with Crippen LogP contribution >= 0.6 is 0 Å². The fourth-order valence-electron chi connectivity index (χ4n) is 3.52. The first kappa shape index (κ1) is 22.0. The van der Waals surface area contributed by atoms with E-state index in [-0.39, 0.29) is 6.61 Å². The van der Waals surface area contributed by atoms with Crippen molar-refractivity contribution in [3.05, 3.63) is 114 Å². The summed E-state index contributed by atoms with van der Waals surface area (Å²) in [6, 6.07) is 26.5. The van der Waals surface area contributed by atoms with Crippen molar-refractivity contribution < 1.29 is 14.3 Å². The van der Waals surface area contributed by atoms with Gasteiger partial charge in [0.2, 0.25) is 0 Å². The summed E-state index contributed by atoms with van der Waals surface area (Å²) in [6.45, 7) is 6.06. The lowest BCUT2D eigenvalue weighted by atomic mass is 9.90. The first-order chi connectivity index (χ1) is 15.2. The predicted octanol–water partition coefficient (Wildman–Crippen LogP) is 5.43. The van der Waals surface area contributed by atoms with Gasteiger partial charge in [0, 0.05) is 22.6 Å². The van der Waals surface area contributed by atoms with E-state index in [0.29, 0.717) is 5.75 Å². The molecule has 0 aliphatic heterocycles. The van der Waals surface area contributed by atoms with Crippen LogP contribution in [0.1, 0.15) is 29.5 Å². The Bertz CT molecular complexity index is 987. The van der Waals surface area contributed by atoms with E-state index in [4.69, 9.17) is 14.5 Å². The van der Waals surface area contributed by atoms with Gasteiger partial charge in [-0.2, -0.15) is 0 Å².